The summed E-state index contributed by atoms with van der Waals surface area (Å²) in [5.74, 6) is -0.396. The highest BCUT2D eigenvalue weighted by atomic mass is 16.4. The van der Waals surface area contributed by atoms with Gasteiger partial charge in [-0.3, -0.25) is 4.79 Å². The van der Waals surface area contributed by atoms with Crippen molar-refractivity contribution in [1.29, 1.82) is 0 Å². The van der Waals surface area contributed by atoms with Crippen LogP contribution in [0.1, 0.15) is 52.9 Å². The number of aromatic amines is 1. The molecule has 19 heavy (non-hydrogen) atoms. The van der Waals surface area contributed by atoms with Gasteiger partial charge in [0.25, 0.3) is 5.91 Å². The minimum Gasteiger partial charge on any atom is -0.477 e. The Morgan fingerprint density at radius 1 is 1.26 bits per heavy atom. The van der Waals surface area contributed by atoms with E-state index in [9.17, 15) is 9.59 Å². The number of carbonyl (C=O) groups is 2. The third kappa shape index (κ3) is 3.36. The Kier molecular flexibility index (Phi) is 4.75. The maximum absolute atomic E-state index is 12.1. The molecular weight excluding hydrogens is 244 g/mol. The number of carboxylic acid groups (broad SMARTS) is 1. The van der Waals surface area contributed by atoms with E-state index in [1.54, 1.807) is 13.8 Å². The third-order valence-corrected chi connectivity index (χ3v) is 3.60. The molecule has 3 N–H and O–H groups in total. The van der Waals surface area contributed by atoms with Crippen molar-refractivity contribution in [3.8, 4) is 0 Å². The van der Waals surface area contributed by atoms with Crippen LogP contribution in [0.5, 0.6) is 0 Å². The molecule has 1 heterocycles. The van der Waals surface area contributed by atoms with Crippen LogP contribution in [0.2, 0.25) is 0 Å². The summed E-state index contributed by atoms with van der Waals surface area (Å²) in [6, 6.07) is 0. The van der Waals surface area contributed by atoms with Crippen molar-refractivity contribution in [1.82, 2.24) is 10.3 Å². The van der Waals surface area contributed by atoms with Gasteiger partial charge >= 0.3 is 5.97 Å². The maximum atomic E-state index is 12.1. The van der Waals surface area contributed by atoms with Crippen LogP contribution in [-0.4, -0.2) is 28.5 Å². The summed E-state index contributed by atoms with van der Waals surface area (Å²) in [5.41, 5.74) is 1.59. The summed E-state index contributed by atoms with van der Waals surface area (Å²) in [6.45, 7) is 10.2. The second-order valence-corrected chi connectivity index (χ2v) is 5.36. The van der Waals surface area contributed by atoms with E-state index in [2.05, 4.69) is 31.1 Å². The average molecular weight is 266 g/mol. The summed E-state index contributed by atoms with van der Waals surface area (Å²) >= 11 is 0. The van der Waals surface area contributed by atoms with Gasteiger partial charge < -0.3 is 15.4 Å². The number of rotatable bonds is 5. The highest BCUT2D eigenvalue weighted by Gasteiger charge is 2.21. The molecule has 1 atom stereocenters. The van der Waals surface area contributed by atoms with Gasteiger partial charge in [0.1, 0.15) is 5.69 Å². The topological polar surface area (TPSA) is 82.2 Å². The van der Waals surface area contributed by atoms with Crippen molar-refractivity contribution in [2.24, 2.45) is 11.8 Å². The lowest BCUT2D eigenvalue weighted by molar-refractivity contribution is 0.0690. The molecule has 1 aromatic heterocycles. The molecule has 0 fully saturated rings. The van der Waals surface area contributed by atoms with Crippen molar-refractivity contribution >= 4 is 11.9 Å². The van der Waals surface area contributed by atoms with Gasteiger partial charge in [-0.25, -0.2) is 4.79 Å². The van der Waals surface area contributed by atoms with Gasteiger partial charge in [-0.15, -0.1) is 0 Å². The lowest BCUT2D eigenvalue weighted by atomic mass is 9.98. The molecule has 0 saturated heterocycles. The Morgan fingerprint density at radius 3 is 2.26 bits per heavy atom. The molecule has 0 bridgehead atoms. The standard InChI is InChI=1S/C14H22N2O3/c1-7(2)8(3)6-15-13(17)11-9(4)12(14(18)19)16-10(11)5/h7-8,16H,6H2,1-5H3,(H,15,17)(H,18,19). The zero-order valence-corrected chi connectivity index (χ0v) is 12.1. The lowest BCUT2D eigenvalue weighted by Gasteiger charge is -2.16. The monoisotopic (exact) mass is 266 g/mol. The van der Waals surface area contributed by atoms with Gasteiger partial charge in [-0.2, -0.15) is 0 Å². The molecule has 1 rings (SSSR count). The number of aromatic carboxylic acids is 1. The molecule has 0 radical (unpaired) electrons. The largest absolute Gasteiger partial charge is 0.477 e. The smallest absolute Gasteiger partial charge is 0.352 e. The third-order valence-electron chi connectivity index (χ3n) is 3.60. The van der Waals surface area contributed by atoms with E-state index in [1.807, 2.05) is 0 Å². The first-order valence-corrected chi connectivity index (χ1v) is 6.46. The van der Waals surface area contributed by atoms with E-state index in [0.717, 1.165) is 0 Å². The van der Waals surface area contributed by atoms with E-state index in [1.165, 1.54) is 0 Å². The number of aryl methyl sites for hydroxylation is 1. The fourth-order valence-corrected chi connectivity index (χ4v) is 1.88. The van der Waals surface area contributed by atoms with Crippen LogP contribution in [0, 0.1) is 25.7 Å². The van der Waals surface area contributed by atoms with E-state index in [4.69, 9.17) is 5.11 Å². The van der Waals surface area contributed by atoms with Gasteiger partial charge in [0, 0.05) is 12.2 Å². The quantitative estimate of drug-likeness (QED) is 0.765. The lowest BCUT2D eigenvalue weighted by Crippen LogP contribution is -2.30. The predicted molar refractivity (Wildman–Crippen MR) is 73.6 cm³/mol. The van der Waals surface area contributed by atoms with Gasteiger partial charge in [0.2, 0.25) is 0 Å². The highest BCUT2D eigenvalue weighted by molar-refractivity contribution is 6.00. The van der Waals surface area contributed by atoms with E-state index < -0.39 is 5.97 Å². The Balaban J connectivity index is 2.86. The van der Waals surface area contributed by atoms with Crippen molar-refractivity contribution in [3.05, 3.63) is 22.5 Å². The van der Waals surface area contributed by atoms with E-state index >= 15 is 0 Å². The molecule has 0 aliphatic rings. The van der Waals surface area contributed by atoms with Gasteiger partial charge in [-0.05, 0) is 31.2 Å². The van der Waals surface area contributed by atoms with Crippen molar-refractivity contribution in [2.45, 2.75) is 34.6 Å². The molecule has 5 heteroatoms. The molecule has 1 aromatic rings. The minimum atomic E-state index is -1.05. The van der Waals surface area contributed by atoms with Gasteiger partial charge in [0.15, 0.2) is 0 Å². The SMILES string of the molecule is Cc1[nH]c(C(=O)O)c(C)c1C(=O)NCC(C)C(C)C. The number of hydrogen-bond acceptors (Lipinski definition) is 2. The number of nitrogens with one attached hydrogen (secondary N) is 2. The molecule has 106 valence electrons. The van der Waals surface area contributed by atoms with Crippen LogP contribution in [0.3, 0.4) is 0 Å². The zero-order chi connectivity index (χ0) is 14.7. The Hall–Kier alpha value is -1.78. The second kappa shape index (κ2) is 5.91. The molecule has 0 spiro atoms. The highest BCUT2D eigenvalue weighted by Crippen LogP contribution is 2.18. The van der Waals surface area contributed by atoms with Crippen LogP contribution >= 0.6 is 0 Å². The first-order chi connectivity index (χ1) is 8.75. The first kappa shape index (κ1) is 15.3. The Labute approximate surface area is 113 Å². The van der Waals surface area contributed by atoms with Crippen LogP contribution in [0.15, 0.2) is 0 Å². The number of amides is 1. The van der Waals surface area contributed by atoms with Crippen LogP contribution in [0.25, 0.3) is 0 Å². The molecule has 0 saturated carbocycles. The Bertz CT molecular complexity index is 489. The summed E-state index contributed by atoms with van der Waals surface area (Å²) in [5, 5.41) is 11.9. The number of H-pyrrole nitrogens is 1. The van der Waals surface area contributed by atoms with Crippen LogP contribution < -0.4 is 5.32 Å². The first-order valence-electron chi connectivity index (χ1n) is 6.46. The summed E-state index contributed by atoms with van der Waals surface area (Å²) < 4.78 is 0. The molecule has 1 unspecified atom stereocenters. The summed E-state index contributed by atoms with van der Waals surface area (Å²) in [7, 11) is 0. The maximum Gasteiger partial charge on any atom is 0.352 e. The van der Waals surface area contributed by atoms with Crippen LogP contribution in [-0.2, 0) is 0 Å². The van der Waals surface area contributed by atoms with E-state index in [-0.39, 0.29) is 11.6 Å². The Morgan fingerprint density at radius 2 is 1.84 bits per heavy atom. The molecule has 5 nitrogen and oxygen atoms in total. The van der Waals surface area contributed by atoms with Crippen molar-refractivity contribution < 1.29 is 14.7 Å². The van der Waals surface area contributed by atoms with Crippen molar-refractivity contribution in [3.63, 3.8) is 0 Å². The number of carbonyl (C=O) groups excluding carboxylic acids is 1. The molecule has 0 aliphatic carbocycles. The van der Waals surface area contributed by atoms with E-state index in [0.29, 0.717) is 35.2 Å². The fraction of sp³-hybridized carbons (Fsp3) is 0.571. The van der Waals surface area contributed by atoms with Crippen LogP contribution in [0.4, 0.5) is 0 Å². The van der Waals surface area contributed by atoms with Gasteiger partial charge in [0.05, 0.1) is 5.56 Å². The molecule has 1 amide bonds. The molecular formula is C14H22N2O3. The second-order valence-electron chi connectivity index (χ2n) is 5.36. The number of carboxylic acids is 1. The number of aromatic nitrogens is 1. The van der Waals surface area contributed by atoms with Gasteiger partial charge in [-0.1, -0.05) is 20.8 Å². The predicted octanol–water partition coefficient (Wildman–Crippen LogP) is 2.35. The summed E-state index contributed by atoms with van der Waals surface area (Å²) in [6.07, 6.45) is 0. The van der Waals surface area contributed by atoms with Crippen molar-refractivity contribution in [2.75, 3.05) is 6.54 Å². The zero-order valence-electron chi connectivity index (χ0n) is 12.1. The normalized spacial score (nSPS) is 12.5. The molecule has 0 aliphatic heterocycles. The fourth-order valence-electron chi connectivity index (χ4n) is 1.88. The average Bonchev–Trinajstić information content (AvgIpc) is 2.61. The number of hydrogen-bond donors (Lipinski definition) is 3. The minimum absolute atomic E-state index is 0.0829. The summed E-state index contributed by atoms with van der Waals surface area (Å²) in [4.78, 5) is 25.9. The molecule has 0 aromatic carbocycles.